The van der Waals surface area contributed by atoms with E-state index in [9.17, 15) is 9.18 Å². The van der Waals surface area contributed by atoms with Crippen LogP contribution in [0.1, 0.15) is 5.56 Å². The highest BCUT2D eigenvalue weighted by molar-refractivity contribution is 5.77. The molecule has 1 amide bonds. The van der Waals surface area contributed by atoms with Crippen molar-refractivity contribution in [1.82, 2.24) is 9.80 Å². The summed E-state index contributed by atoms with van der Waals surface area (Å²) in [6, 6.07) is 6.41. The molecule has 5 heteroatoms. The second-order valence-electron chi connectivity index (χ2n) is 4.30. The fourth-order valence-electron chi connectivity index (χ4n) is 1.57. The average Bonchev–Trinajstić information content (AvgIpc) is 2.32. The smallest absolute Gasteiger partial charge is 0.236 e. The predicted molar refractivity (Wildman–Crippen MR) is 67.5 cm³/mol. The molecule has 1 aromatic rings. The summed E-state index contributed by atoms with van der Waals surface area (Å²) in [5, 5.41) is 8.74. The van der Waals surface area contributed by atoms with E-state index in [4.69, 9.17) is 5.11 Å². The second-order valence-corrected chi connectivity index (χ2v) is 4.30. The molecule has 1 aromatic carbocycles. The Hall–Kier alpha value is -1.46. The molecule has 0 aliphatic carbocycles. The van der Waals surface area contributed by atoms with E-state index < -0.39 is 0 Å². The molecule has 0 aromatic heterocycles. The van der Waals surface area contributed by atoms with Gasteiger partial charge in [-0.15, -0.1) is 0 Å². The molecule has 0 bridgehead atoms. The number of halogens is 1. The fourth-order valence-corrected chi connectivity index (χ4v) is 1.57. The first kappa shape index (κ1) is 14.6. The third-order valence-electron chi connectivity index (χ3n) is 2.68. The highest BCUT2D eigenvalue weighted by Gasteiger charge is 2.13. The van der Waals surface area contributed by atoms with Gasteiger partial charge in [-0.3, -0.25) is 9.69 Å². The van der Waals surface area contributed by atoms with Crippen LogP contribution in [0.5, 0.6) is 0 Å². The van der Waals surface area contributed by atoms with Crippen molar-refractivity contribution in [2.24, 2.45) is 0 Å². The van der Waals surface area contributed by atoms with E-state index in [1.807, 2.05) is 0 Å². The summed E-state index contributed by atoms with van der Waals surface area (Å²) in [4.78, 5) is 15.0. The summed E-state index contributed by atoms with van der Waals surface area (Å²) in [7, 11) is 3.40. The average molecular weight is 254 g/mol. The van der Waals surface area contributed by atoms with Crippen LogP contribution in [0.15, 0.2) is 24.3 Å². The van der Waals surface area contributed by atoms with Crippen LogP contribution in [0.25, 0.3) is 0 Å². The lowest BCUT2D eigenvalue weighted by molar-refractivity contribution is -0.131. The van der Waals surface area contributed by atoms with Crippen molar-refractivity contribution < 1.29 is 14.3 Å². The molecule has 100 valence electrons. The Morgan fingerprint density at radius 3 is 2.61 bits per heavy atom. The largest absolute Gasteiger partial charge is 0.395 e. The van der Waals surface area contributed by atoms with Crippen molar-refractivity contribution in [3.05, 3.63) is 35.6 Å². The molecule has 0 atom stereocenters. The number of hydrogen-bond acceptors (Lipinski definition) is 3. The van der Waals surface area contributed by atoms with Gasteiger partial charge in [0.25, 0.3) is 0 Å². The van der Waals surface area contributed by atoms with Crippen LogP contribution >= 0.6 is 0 Å². The SMILES string of the molecule is CN(CCO)CC(=O)N(C)Cc1ccccc1F. The van der Waals surface area contributed by atoms with E-state index in [1.54, 1.807) is 37.2 Å². The molecule has 0 fully saturated rings. The first-order valence-electron chi connectivity index (χ1n) is 5.81. The van der Waals surface area contributed by atoms with E-state index in [1.165, 1.54) is 11.0 Å². The Morgan fingerprint density at radius 1 is 1.33 bits per heavy atom. The highest BCUT2D eigenvalue weighted by Crippen LogP contribution is 2.08. The van der Waals surface area contributed by atoms with E-state index in [-0.39, 0.29) is 31.4 Å². The van der Waals surface area contributed by atoms with Gasteiger partial charge in [0.05, 0.1) is 13.2 Å². The zero-order valence-electron chi connectivity index (χ0n) is 10.8. The quantitative estimate of drug-likeness (QED) is 0.813. The maximum Gasteiger partial charge on any atom is 0.236 e. The van der Waals surface area contributed by atoms with Crippen LogP contribution in [0.4, 0.5) is 4.39 Å². The van der Waals surface area contributed by atoms with Gasteiger partial charge in [0.2, 0.25) is 5.91 Å². The lowest BCUT2D eigenvalue weighted by atomic mass is 10.2. The molecule has 0 aliphatic rings. The van der Waals surface area contributed by atoms with E-state index in [0.29, 0.717) is 12.1 Å². The Labute approximate surface area is 107 Å². The molecule has 0 radical (unpaired) electrons. The maximum absolute atomic E-state index is 13.4. The first-order valence-corrected chi connectivity index (χ1v) is 5.81. The van der Waals surface area contributed by atoms with Gasteiger partial charge in [0.15, 0.2) is 0 Å². The Balaban J connectivity index is 2.52. The van der Waals surface area contributed by atoms with Gasteiger partial charge in [-0.05, 0) is 13.1 Å². The minimum atomic E-state index is -0.305. The number of aliphatic hydroxyl groups is 1. The van der Waals surface area contributed by atoms with Crippen LogP contribution in [-0.2, 0) is 11.3 Å². The number of aliphatic hydroxyl groups excluding tert-OH is 1. The molecule has 0 aliphatic heterocycles. The highest BCUT2D eigenvalue weighted by atomic mass is 19.1. The first-order chi connectivity index (χ1) is 8.54. The molecule has 0 saturated heterocycles. The van der Waals surface area contributed by atoms with Gasteiger partial charge >= 0.3 is 0 Å². The summed E-state index contributed by atoms with van der Waals surface area (Å²) in [6.07, 6.45) is 0. The van der Waals surface area contributed by atoms with Crippen molar-refractivity contribution in [3.63, 3.8) is 0 Å². The second kappa shape index (κ2) is 7.08. The molecular weight excluding hydrogens is 235 g/mol. The summed E-state index contributed by atoms with van der Waals surface area (Å²) in [5.41, 5.74) is 0.498. The van der Waals surface area contributed by atoms with Crippen molar-refractivity contribution in [1.29, 1.82) is 0 Å². The molecule has 1 rings (SSSR count). The molecule has 0 spiro atoms. The Kier molecular flexibility index (Phi) is 5.74. The van der Waals surface area contributed by atoms with Gasteiger partial charge in [0, 0.05) is 25.7 Å². The van der Waals surface area contributed by atoms with Crippen LogP contribution in [-0.4, -0.2) is 54.6 Å². The minimum absolute atomic E-state index is 0.0147. The molecule has 0 unspecified atom stereocenters. The molecular formula is C13H19FN2O2. The lowest BCUT2D eigenvalue weighted by Gasteiger charge is -2.21. The zero-order valence-corrected chi connectivity index (χ0v) is 10.8. The summed E-state index contributed by atoms with van der Waals surface area (Å²) in [6.45, 7) is 0.921. The third-order valence-corrected chi connectivity index (χ3v) is 2.68. The Morgan fingerprint density at radius 2 is 2.00 bits per heavy atom. The number of rotatable bonds is 6. The van der Waals surface area contributed by atoms with E-state index >= 15 is 0 Å². The number of likely N-dealkylation sites (N-methyl/N-ethyl adjacent to an activating group) is 2. The monoisotopic (exact) mass is 254 g/mol. The predicted octanol–water partition coefficient (Wildman–Crippen LogP) is 0.708. The van der Waals surface area contributed by atoms with Crippen LogP contribution in [0.2, 0.25) is 0 Å². The van der Waals surface area contributed by atoms with Gasteiger partial charge < -0.3 is 10.0 Å². The van der Waals surface area contributed by atoms with E-state index in [2.05, 4.69) is 0 Å². The third kappa shape index (κ3) is 4.43. The minimum Gasteiger partial charge on any atom is -0.395 e. The van der Waals surface area contributed by atoms with Crippen LogP contribution < -0.4 is 0 Å². The van der Waals surface area contributed by atoms with Crippen molar-refractivity contribution in [2.45, 2.75) is 6.54 Å². The Bertz CT molecular complexity index is 398. The van der Waals surface area contributed by atoms with Crippen molar-refractivity contribution in [2.75, 3.05) is 33.8 Å². The zero-order chi connectivity index (χ0) is 13.5. The maximum atomic E-state index is 13.4. The lowest BCUT2D eigenvalue weighted by Crippen LogP contribution is -2.37. The molecule has 0 heterocycles. The molecule has 0 saturated carbocycles. The topological polar surface area (TPSA) is 43.8 Å². The number of amides is 1. The number of carbonyl (C=O) groups is 1. The number of carbonyl (C=O) groups excluding carboxylic acids is 1. The van der Waals surface area contributed by atoms with Gasteiger partial charge in [0.1, 0.15) is 5.82 Å². The summed E-state index contributed by atoms with van der Waals surface area (Å²) < 4.78 is 13.4. The number of benzene rings is 1. The van der Waals surface area contributed by atoms with Gasteiger partial charge in [-0.1, -0.05) is 18.2 Å². The fraction of sp³-hybridized carbons (Fsp3) is 0.462. The molecule has 1 N–H and O–H groups in total. The molecule has 18 heavy (non-hydrogen) atoms. The summed E-state index contributed by atoms with van der Waals surface area (Å²) >= 11 is 0. The normalized spacial score (nSPS) is 10.7. The van der Waals surface area contributed by atoms with Crippen LogP contribution in [0, 0.1) is 5.82 Å². The van der Waals surface area contributed by atoms with Gasteiger partial charge in [-0.25, -0.2) is 4.39 Å². The summed E-state index contributed by atoms with van der Waals surface area (Å²) in [5.74, 6) is -0.407. The van der Waals surface area contributed by atoms with Crippen LogP contribution in [0.3, 0.4) is 0 Å². The number of nitrogens with zero attached hydrogens (tertiary/aromatic N) is 2. The standard InChI is InChI=1S/C13H19FN2O2/c1-15(7-8-17)10-13(18)16(2)9-11-5-3-4-6-12(11)14/h3-6,17H,7-10H2,1-2H3. The van der Waals surface area contributed by atoms with Crippen molar-refractivity contribution in [3.8, 4) is 0 Å². The molecule has 4 nitrogen and oxygen atoms in total. The van der Waals surface area contributed by atoms with Crippen molar-refractivity contribution >= 4 is 5.91 Å². The van der Waals surface area contributed by atoms with Gasteiger partial charge in [-0.2, -0.15) is 0 Å². The van der Waals surface area contributed by atoms with E-state index in [0.717, 1.165) is 0 Å². The number of hydrogen-bond donors (Lipinski definition) is 1.